The minimum Gasteiger partial charge on any atom is -0.390 e. The van der Waals surface area contributed by atoms with Crippen LogP contribution < -0.4 is 10.2 Å². The summed E-state index contributed by atoms with van der Waals surface area (Å²) in [6.45, 7) is 5.80. The number of carbonyl (C=O) groups is 1. The van der Waals surface area contributed by atoms with Crippen LogP contribution in [0.25, 0.3) is 5.69 Å². The summed E-state index contributed by atoms with van der Waals surface area (Å²) in [4.78, 5) is 21.7. The van der Waals surface area contributed by atoms with Gasteiger partial charge in [0.05, 0.1) is 21.8 Å². The van der Waals surface area contributed by atoms with Gasteiger partial charge < -0.3 is 19.9 Å². The highest BCUT2D eigenvalue weighted by Gasteiger charge is 2.22. The highest BCUT2D eigenvalue weighted by atomic mass is 35.5. The number of halogens is 3. The quantitative estimate of drug-likeness (QED) is 0.404. The van der Waals surface area contributed by atoms with Crippen molar-refractivity contribution < 1.29 is 9.90 Å². The van der Waals surface area contributed by atoms with Crippen molar-refractivity contribution in [3.63, 3.8) is 0 Å². The fourth-order valence-corrected chi connectivity index (χ4v) is 4.87. The fourth-order valence-electron chi connectivity index (χ4n) is 4.32. The lowest BCUT2D eigenvalue weighted by Gasteiger charge is -2.37. The van der Waals surface area contributed by atoms with E-state index in [2.05, 4.69) is 27.0 Å². The van der Waals surface area contributed by atoms with Gasteiger partial charge >= 0.3 is 0 Å². The molecule has 192 valence electrons. The van der Waals surface area contributed by atoms with Crippen molar-refractivity contribution in [2.24, 2.45) is 0 Å². The number of aliphatic hydroxyl groups is 1. The topological polar surface area (TPSA) is 73.6 Å². The van der Waals surface area contributed by atoms with E-state index >= 15 is 0 Å². The van der Waals surface area contributed by atoms with Gasteiger partial charge in [-0.1, -0.05) is 47.8 Å². The van der Waals surface area contributed by atoms with Crippen LogP contribution in [0, 0.1) is 0 Å². The Hall–Kier alpha value is -2.29. The summed E-state index contributed by atoms with van der Waals surface area (Å²) in [5.41, 5.74) is 2.15. The third-order valence-corrected chi connectivity index (χ3v) is 7.26. The highest BCUT2D eigenvalue weighted by Crippen LogP contribution is 2.32. The number of rotatable bonds is 9. The Morgan fingerprint density at radius 3 is 2.50 bits per heavy atom. The van der Waals surface area contributed by atoms with Crippen LogP contribution in [0.4, 0.5) is 5.69 Å². The van der Waals surface area contributed by atoms with Gasteiger partial charge in [-0.3, -0.25) is 9.69 Å². The Kier molecular flexibility index (Phi) is 9.14. The number of benzene rings is 2. The molecule has 7 nitrogen and oxygen atoms in total. The minimum absolute atomic E-state index is 0.149. The van der Waals surface area contributed by atoms with Gasteiger partial charge in [0.25, 0.3) is 5.91 Å². The Morgan fingerprint density at radius 2 is 1.81 bits per heavy atom. The van der Waals surface area contributed by atoms with Crippen molar-refractivity contribution in [2.75, 3.05) is 44.2 Å². The molecule has 0 spiro atoms. The number of nitrogens with one attached hydrogen (secondary N) is 1. The van der Waals surface area contributed by atoms with Crippen LogP contribution in [0.5, 0.6) is 0 Å². The number of hydrogen-bond acceptors (Lipinski definition) is 5. The summed E-state index contributed by atoms with van der Waals surface area (Å²) in [7, 11) is 0. The minimum atomic E-state index is -0.691. The third-order valence-electron chi connectivity index (χ3n) is 6.20. The van der Waals surface area contributed by atoms with Gasteiger partial charge in [-0.25, -0.2) is 4.98 Å². The van der Waals surface area contributed by atoms with Gasteiger partial charge in [0.1, 0.15) is 11.5 Å². The maximum atomic E-state index is 12.8. The van der Waals surface area contributed by atoms with E-state index in [4.69, 9.17) is 34.8 Å². The highest BCUT2D eigenvalue weighted by molar-refractivity contribution is 6.43. The zero-order chi connectivity index (χ0) is 25.7. The molecule has 0 bridgehead atoms. The Balaban J connectivity index is 1.29. The van der Waals surface area contributed by atoms with Crippen molar-refractivity contribution >= 4 is 46.4 Å². The maximum absolute atomic E-state index is 12.8. The van der Waals surface area contributed by atoms with Gasteiger partial charge in [0, 0.05) is 62.6 Å². The van der Waals surface area contributed by atoms with Crippen LogP contribution in [0.3, 0.4) is 0 Å². The summed E-state index contributed by atoms with van der Waals surface area (Å²) < 4.78 is 1.91. The van der Waals surface area contributed by atoms with Crippen molar-refractivity contribution in [3.05, 3.63) is 75.2 Å². The molecule has 1 amide bonds. The van der Waals surface area contributed by atoms with E-state index in [1.165, 1.54) is 0 Å². The SMILES string of the molecule is CCCc1nc(C(=O)NC[C@@H](O)CN2CCN(c3cccc(Cl)c3Cl)CC2)cn1-c1ccc(Cl)cc1. The number of aromatic nitrogens is 2. The standard InChI is InChI=1S/C26H30Cl3N5O2/c1-2-4-24-31-22(17-34(24)19-9-7-18(27)8-10-19)26(36)30-15-20(35)16-32-11-13-33(14-12-32)23-6-3-5-21(28)25(23)29/h3,5-10,17,20,35H,2,4,11-16H2,1H3,(H,30,36)/t20-/m1/s1. The molecule has 1 saturated heterocycles. The molecule has 2 aromatic carbocycles. The summed E-state index contributed by atoms with van der Waals surface area (Å²) in [5, 5.41) is 15.1. The number of nitrogens with zero attached hydrogens (tertiary/aromatic N) is 4. The van der Waals surface area contributed by atoms with Crippen LogP contribution in [-0.4, -0.2) is 70.8 Å². The van der Waals surface area contributed by atoms with Gasteiger partial charge in [-0.05, 0) is 42.8 Å². The molecule has 2 heterocycles. The zero-order valence-electron chi connectivity index (χ0n) is 20.1. The molecule has 1 atom stereocenters. The number of imidazole rings is 1. The lowest BCUT2D eigenvalue weighted by atomic mass is 10.2. The zero-order valence-corrected chi connectivity index (χ0v) is 22.4. The van der Waals surface area contributed by atoms with E-state index in [0.29, 0.717) is 27.3 Å². The number of aryl methyl sites for hydroxylation is 1. The first-order valence-electron chi connectivity index (χ1n) is 12.1. The van der Waals surface area contributed by atoms with Crippen LogP contribution in [0.1, 0.15) is 29.7 Å². The number of anilines is 1. The Morgan fingerprint density at radius 1 is 1.08 bits per heavy atom. The second-order valence-corrected chi connectivity index (χ2v) is 10.1. The first-order chi connectivity index (χ1) is 17.4. The van der Waals surface area contributed by atoms with Crippen LogP contribution in [0.15, 0.2) is 48.7 Å². The molecule has 0 saturated carbocycles. The molecule has 1 aromatic heterocycles. The number of aliphatic hydroxyl groups excluding tert-OH is 1. The number of hydrogen-bond donors (Lipinski definition) is 2. The largest absolute Gasteiger partial charge is 0.390 e. The average molecular weight is 551 g/mol. The molecule has 1 aliphatic rings. The van der Waals surface area contributed by atoms with E-state index in [0.717, 1.165) is 56.2 Å². The summed E-state index contributed by atoms with van der Waals surface area (Å²) >= 11 is 18.5. The van der Waals surface area contributed by atoms with Crippen molar-refractivity contribution in [2.45, 2.75) is 25.9 Å². The maximum Gasteiger partial charge on any atom is 0.271 e. The van der Waals surface area contributed by atoms with E-state index < -0.39 is 6.10 Å². The van der Waals surface area contributed by atoms with Gasteiger partial charge in [0.15, 0.2) is 0 Å². The monoisotopic (exact) mass is 549 g/mol. The smallest absolute Gasteiger partial charge is 0.271 e. The molecular formula is C26H30Cl3N5O2. The predicted molar refractivity (Wildman–Crippen MR) is 146 cm³/mol. The molecule has 0 radical (unpaired) electrons. The number of carbonyl (C=O) groups excluding carboxylic acids is 1. The van der Waals surface area contributed by atoms with E-state index in [1.54, 1.807) is 12.3 Å². The van der Waals surface area contributed by atoms with Crippen LogP contribution in [0.2, 0.25) is 15.1 Å². The normalized spacial score (nSPS) is 15.2. The lowest BCUT2D eigenvalue weighted by molar-refractivity contribution is 0.0848. The Labute approximate surface area is 226 Å². The van der Waals surface area contributed by atoms with Crippen LogP contribution in [-0.2, 0) is 6.42 Å². The summed E-state index contributed by atoms with van der Waals surface area (Å²) in [6.07, 6.45) is 2.69. The van der Waals surface area contributed by atoms with E-state index in [1.807, 2.05) is 41.0 Å². The molecule has 2 N–H and O–H groups in total. The van der Waals surface area contributed by atoms with Gasteiger partial charge in [-0.2, -0.15) is 0 Å². The molecule has 3 aromatic rings. The van der Waals surface area contributed by atoms with Crippen molar-refractivity contribution in [1.82, 2.24) is 19.8 Å². The molecule has 1 fully saturated rings. The van der Waals surface area contributed by atoms with Gasteiger partial charge in [-0.15, -0.1) is 0 Å². The van der Waals surface area contributed by atoms with Gasteiger partial charge in [0.2, 0.25) is 0 Å². The van der Waals surface area contributed by atoms with Crippen molar-refractivity contribution in [3.8, 4) is 5.69 Å². The van der Waals surface area contributed by atoms with E-state index in [-0.39, 0.29) is 12.5 Å². The van der Waals surface area contributed by atoms with Crippen molar-refractivity contribution in [1.29, 1.82) is 0 Å². The predicted octanol–water partition coefficient (Wildman–Crippen LogP) is 4.70. The molecular weight excluding hydrogens is 521 g/mol. The van der Waals surface area contributed by atoms with Crippen LogP contribution >= 0.6 is 34.8 Å². The summed E-state index contributed by atoms with van der Waals surface area (Å²) in [6, 6.07) is 13.1. The molecule has 1 aliphatic heterocycles. The lowest BCUT2D eigenvalue weighted by Crippen LogP contribution is -2.50. The molecule has 4 rings (SSSR count). The second-order valence-electron chi connectivity index (χ2n) is 8.86. The summed E-state index contributed by atoms with van der Waals surface area (Å²) in [5.74, 6) is 0.503. The third kappa shape index (κ3) is 6.52. The molecule has 36 heavy (non-hydrogen) atoms. The number of amides is 1. The first-order valence-corrected chi connectivity index (χ1v) is 13.2. The first kappa shape index (κ1) is 26.8. The Bertz CT molecular complexity index is 1180. The van der Waals surface area contributed by atoms with E-state index in [9.17, 15) is 9.90 Å². The second kappa shape index (κ2) is 12.3. The average Bonchev–Trinajstić information content (AvgIpc) is 3.29. The molecule has 0 unspecified atom stereocenters. The number of β-amino-alcohol motifs (C(OH)–C–C–N with tert-alkyl or cyclic N) is 1. The molecule has 0 aliphatic carbocycles. The fraction of sp³-hybridized carbons (Fsp3) is 0.385. The number of piperazine rings is 1. The molecule has 10 heteroatoms.